The lowest BCUT2D eigenvalue weighted by Crippen LogP contribution is -2.29. The van der Waals surface area contributed by atoms with Gasteiger partial charge in [0.25, 0.3) is 5.91 Å². The number of likely N-dealkylation sites (N-methyl/N-ethyl adjacent to an activating group) is 1. The molecule has 5 nitrogen and oxygen atoms in total. The van der Waals surface area contributed by atoms with Crippen LogP contribution in [0.15, 0.2) is 29.6 Å². The summed E-state index contributed by atoms with van der Waals surface area (Å²) in [6.07, 6.45) is -0.768. The van der Waals surface area contributed by atoms with E-state index in [2.05, 4.69) is 14.9 Å². The first-order valence-electron chi connectivity index (χ1n) is 5.42. The van der Waals surface area contributed by atoms with Crippen molar-refractivity contribution in [3.63, 3.8) is 0 Å². The van der Waals surface area contributed by atoms with E-state index in [-0.39, 0.29) is 5.91 Å². The fourth-order valence-corrected chi connectivity index (χ4v) is 1.96. The van der Waals surface area contributed by atoms with Crippen molar-refractivity contribution < 1.29 is 9.53 Å². The topological polar surface area (TPSA) is 64.1 Å². The number of nitrogens with one attached hydrogen (secondary N) is 1. The average molecular weight is 263 g/mol. The summed E-state index contributed by atoms with van der Waals surface area (Å²) in [4.78, 5) is 11.8. The summed E-state index contributed by atoms with van der Waals surface area (Å²) < 4.78 is 9.44. The predicted molar refractivity (Wildman–Crippen MR) is 68.5 cm³/mol. The zero-order valence-corrected chi connectivity index (χ0v) is 10.9. The number of ether oxygens (including phenoxy) is 1. The summed E-state index contributed by atoms with van der Waals surface area (Å²) in [5.41, 5.74) is 1.58. The van der Waals surface area contributed by atoms with Crippen molar-refractivity contribution in [1.82, 2.24) is 14.9 Å². The van der Waals surface area contributed by atoms with Crippen LogP contribution in [0, 0.1) is 6.92 Å². The number of benzene rings is 1. The van der Waals surface area contributed by atoms with Gasteiger partial charge in [-0.3, -0.25) is 4.79 Å². The summed E-state index contributed by atoms with van der Waals surface area (Å²) in [5, 5.41) is 8.15. The molecule has 1 aromatic carbocycles. The third kappa shape index (κ3) is 2.84. The normalized spacial score (nSPS) is 11.9. The van der Waals surface area contributed by atoms with Crippen molar-refractivity contribution in [2.45, 2.75) is 13.0 Å². The van der Waals surface area contributed by atoms with Gasteiger partial charge < -0.3 is 10.1 Å². The fraction of sp³-hybridized carbons (Fsp3) is 0.250. The highest BCUT2D eigenvalue weighted by atomic mass is 32.1. The molecule has 1 amide bonds. The number of hydrogen-bond donors (Lipinski definition) is 1. The van der Waals surface area contributed by atoms with Crippen molar-refractivity contribution in [3.8, 4) is 5.75 Å². The van der Waals surface area contributed by atoms with Crippen molar-refractivity contribution in [2.24, 2.45) is 0 Å². The second-order valence-corrected chi connectivity index (χ2v) is 4.37. The molecule has 18 heavy (non-hydrogen) atoms. The second kappa shape index (κ2) is 5.59. The van der Waals surface area contributed by atoms with Crippen LogP contribution in [0.1, 0.15) is 17.4 Å². The molecule has 1 unspecified atom stereocenters. The van der Waals surface area contributed by atoms with Crippen LogP contribution >= 0.6 is 11.5 Å². The Morgan fingerprint density at radius 2 is 2.33 bits per heavy atom. The molecule has 1 atom stereocenters. The quantitative estimate of drug-likeness (QED) is 0.912. The van der Waals surface area contributed by atoms with E-state index in [1.165, 1.54) is 11.5 Å². The standard InChI is InChI=1S/C12H13N3O2S/c1-8-4-3-5-9(6-8)17-11(12(16)13-2)10-7-18-15-14-10/h3-7,11H,1-2H3,(H,13,16). The van der Waals surface area contributed by atoms with Crippen LogP contribution in [0.5, 0.6) is 5.75 Å². The largest absolute Gasteiger partial charge is 0.474 e. The van der Waals surface area contributed by atoms with Crippen LogP contribution in [0.4, 0.5) is 0 Å². The SMILES string of the molecule is CNC(=O)C(Oc1cccc(C)c1)c1csnn1. The summed E-state index contributed by atoms with van der Waals surface area (Å²) in [5.74, 6) is 0.390. The Bertz CT molecular complexity index is 528. The highest BCUT2D eigenvalue weighted by molar-refractivity contribution is 7.03. The van der Waals surface area contributed by atoms with Crippen LogP contribution in [0.25, 0.3) is 0 Å². The predicted octanol–water partition coefficient (Wildman–Crippen LogP) is 1.71. The number of hydrogen-bond acceptors (Lipinski definition) is 5. The monoisotopic (exact) mass is 263 g/mol. The van der Waals surface area contributed by atoms with E-state index in [0.29, 0.717) is 11.4 Å². The summed E-state index contributed by atoms with van der Waals surface area (Å²) in [6, 6.07) is 7.52. The van der Waals surface area contributed by atoms with Crippen LogP contribution in [0.2, 0.25) is 0 Å². The Morgan fingerprint density at radius 1 is 1.50 bits per heavy atom. The van der Waals surface area contributed by atoms with Gasteiger partial charge in [0.1, 0.15) is 11.4 Å². The Hall–Kier alpha value is -1.95. The summed E-state index contributed by atoms with van der Waals surface area (Å²) in [7, 11) is 1.56. The molecular weight excluding hydrogens is 250 g/mol. The number of carbonyl (C=O) groups excluding carboxylic acids is 1. The van der Waals surface area contributed by atoms with Crippen LogP contribution in [-0.2, 0) is 4.79 Å². The zero-order valence-electron chi connectivity index (χ0n) is 10.1. The van der Waals surface area contributed by atoms with Gasteiger partial charge in [0.05, 0.1) is 0 Å². The Morgan fingerprint density at radius 3 is 2.94 bits per heavy atom. The minimum Gasteiger partial charge on any atom is -0.474 e. The van der Waals surface area contributed by atoms with Gasteiger partial charge in [-0.25, -0.2) is 0 Å². The van der Waals surface area contributed by atoms with Crippen LogP contribution in [0.3, 0.4) is 0 Å². The minimum atomic E-state index is -0.768. The van der Waals surface area contributed by atoms with Crippen molar-refractivity contribution in [3.05, 3.63) is 40.9 Å². The van der Waals surface area contributed by atoms with E-state index in [1.807, 2.05) is 31.2 Å². The molecule has 0 aliphatic rings. The molecule has 0 fully saturated rings. The number of carbonyl (C=O) groups is 1. The van der Waals surface area contributed by atoms with E-state index >= 15 is 0 Å². The molecule has 0 saturated heterocycles. The number of amides is 1. The number of aryl methyl sites for hydroxylation is 1. The second-order valence-electron chi connectivity index (χ2n) is 3.76. The maximum absolute atomic E-state index is 11.8. The molecule has 0 aliphatic heterocycles. The molecule has 94 valence electrons. The van der Waals surface area contributed by atoms with Gasteiger partial charge in [0, 0.05) is 12.4 Å². The van der Waals surface area contributed by atoms with Crippen molar-refractivity contribution >= 4 is 17.4 Å². The maximum Gasteiger partial charge on any atom is 0.267 e. The summed E-state index contributed by atoms with van der Waals surface area (Å²) >= 11 is 1.19. The maximum atomic E-state index is 11.8. The van der Waals surface area contributed by atoms with Gasteiger partial charge in [-0.1, -0.05) is 16.6 Å². The first-order chi connectivity index (χ1) is 8.70. The highest BCUT2D eigenvalue weighted by Gasteiger charge is 2.24. The van der Waals surface area contributed by atoms with E-state index in [4.69, 9.17) is 4.74 Å². The molecule has 0 bridgehead atoms. The van der Waals surface area contributed by atoms with Crippen LogP contribution < -0.4 is 10.1 Å². The van der Waals surface area contributed by atoms with Gasteiger partial charge in [-0.2, -0.15) is 0 Å². The lowest BCUT2D eigenvalue weighted by molar-refractivity contribution is -0.127. The van der Waals surface area contributed by atoms with E-state index in [9.17, 15) is 4.79 Å². The van der Waals surface area contributed by atoms with Crippen molar-refractivity contribution in [1.29, 1.82) is 0 Å². The molecule has 2 rings (SSSR count). The number of aromatic nitrogens is 2. The summed E-state index contributed by atoms with van der Waals surface area (Å²) in [6.45, 7) is 1.96. The molecule has 0 radical (unpaired) electrons. The third-order valence-corrected chi connectivity index (χ3v) is 2.90. The van der Waals surface area contributed by atoms with E-state index < -0.39 is 6.10 Å². The van der Waals surface area contributed by atoms with Gasteiger partial charge in [-0.15, -0.1) is 5.10 Å². The molecule has 2 aromatic rings. The molecule has 6 heteroatoms. The lowest BCUT2D eigenvalue weighted by Gasteiger charge is -2.15. The minimum absolute atomic E-state index is 0.246. The van der Waals surface area contributed by atoms with Gasteiger partial charge in [-0.05, 0) is 36.2 Å². The molecule has 0 aliphatic carbocycles. The molecular formula is C12H13N3O2S. The molecule has 0 spiro atoms. The average Bonchev–Trinajstić information content (AvgIpc) is 2.89. The molecule has 1 heterocycles. The zero-order chi connectivity index (χ0) is 13.0. The first kappa shape index (κ1) is 12.5. The molecule has 1 N–H and O–H groups in total. The Labute approximate surface area is 109 Å². The Kier molecular flexibility index (Phi) is 3.88. The van der Waals surface area contributed by atoms with Crippen molar-refractivity contribution in [2.75, 3.05) is 7.05 Å². The fourth-order valence-electron chi connectivity index (χ4n) is 1.49. The third-order valence-electron chi connectivity index (χ3n) is 2.37. The first-order valence-corrected chi connectivity index (χ1v) is 6.26. The smallest absolute Gasteiger partial charge is 0.267 e. The highest BCUT2D eigenvalue weighted by Crippen LogP contribution is 2.22. The van der Waals surface area contributed by atoms with E-state index in [1.54, 1.807) is 12.4 Å². The number of nitrogens with zero attached hydrogens (tertiary/aromatic N) is 2. The van der Waals surface area contributed by atoms with Crippen LogP contribution in [-0.4, -0.2) is 22.5 Å². The van der Waals surface area contributed by atoms with Gasteiger partial charge in [0.15, 0.2) is 0 Å². The molecule has 1 aromatic heterocycles. The molecule has 0 saturated carbocycles. The Balaban J connectivity index is 2.23. The number of rotatable bonds is 4. The van der Waals surface area contributed by atoms with Gasteiger partial charge in [0.2, 0.25) is 6.10 Å². The van der Waals surface area contributed by atoms with E-state index in [0.717, 1.165) is 5.56 Å². The lowest BCUT2D eigenvalue weighted by atomic mass is 10.2. The van der Waals surface area contributed by atoms with Gasteiger partial charge >= 0.3 is 0 Å².